The third kappa shape index (κ3) is 4.53. The Morgan fingerprint density at radius 3 is 2.65 bits per heavy atom. The number of aliphatic hydroxyl groups excluding tert-OH is 1. The summed E-state index contributed by atoms with van der Waals surface area (Å²) < 4.78 is 32.7. The molecule has 0 spiro atoms. The van der Waals surface area contributed by atoms with Crippen LogP contribution in [-0.2, 0) is 21.4 Å². The number of methoxy groups -OCH3 is 1. The number of hydrogen-bond acceptors (Lipinski definition) is 4. The van der Waals surface area contributed by atoms with Gasteiger partial charge in [-0.05, 0) is 46.0 Å². The molecule has 7 heteroatoms. The molecule has 1 unspecified atom stereocenters. The summed E-state index contributed by atoms with van der Waals surface area (Å²) in [5.74, 6) is 0.0793. The van der Waals surface area contributed by atoms with Gasteiger partial charge in [0.2, 0.25) is 10.0 Å². The minimum Gasteiger partial charge on any atom is -0.392 e. The lowest BCUT2D eigenvalue weighted by Crippen LogP contribution is -2.30. The molecule has 0 heterocycles. The van der Waals surface area contributed by atoms with Crippen LogP contribution in [0.3, 0.4) is 0 Å². The van der Waals surface area contributed by atoms with Crippen LogP contribution in [0.1, 0.15) is 18.1 Å². The van der Waals surface area contributed by atoms with Crippen LogP contribution in [-0.4, -0.2) is 33.8 Å². The van der Waals surface area contributed by atoms with Gasteiger partial charge in [-0.25, -0.2) is 13.1 Å². The van der Waals surface area contributed by atoms with E-state index >= 15 is 0 Å². The van der Waals surface area contributed by atoms with Crippen LogP contribution in [0, 0.1) is 12.8 Å². The maximum atomic E-state index is 12.3. The standard InChI is InChI=1S/C13H20BrNO4S/c1-9(8-19-3)6-15-20(17,18)12-5-11(7-16)4-10(2)13(12)14/h4-5,9,15-16H,6-8H2,1-3H3. The highest BCUT2D eigenvalue weighted by Gasteiger charge is 2.20. The number of halogens is 1. The minimum absolute atomic E-state index is 0.0793. The average Bonchev–Trinajstić information content (AvgIpc) is 2.39. The molecule has 1 aromatic carbocycles. The first-order chi connectivity index (χ1) is 9.31. The lowest BCUT2D eigenvalue weighted by molar-refractivity contribution is 0.161. The molecule has 20 heavy (non-hydrogen) atoms. The fraction of sp³-hybridized carbons (Fsp3) is 0.538. The van der Waals surface area contributed by atoms with E-state index in [1.54, 1.807) is 20.1 Å². The second kappa shape index (κ2) is 7.51. The van der Waals surface area contributed by atoms with Crippen molar-refractivity contribution in [2.75, 3.05) is 20.3 Å². The van der Waals surface area contributed by atoms with Crippen molar-refractivity contribution in [1.82, 2.24) is 4.72 Å². The highest BCUT2D eigenvalue weighted by Crippen LogP contribution is 2.27. The predicted molar refractivity (Wildman–Crippen MR) is 81.0 cm³/mol. The van der Waals surface area contributed by atoms with E-state index < -0.39 is 10.0 Å². The number of aryl methyl sites for hydroxylation is 1. The highest BCUT2D eigenvalue weighted by atomic mass is 79.9. The Morgan fingerprint density at radius 2 is 2.10 bits per heavy atom. The second-order valence-electron chi connectivity index (χ2n) is 4.80. The summed E-state index contributed by atoms with van der Waals surface area (Å²) in [4.78, 5) is 0.145. The van der Waals surface area contributed by atoms with Crippen LogP contribution >= 0.6 is 15.9 Å². The number of benzene rings is 1. The molecule has 0 bridgehead atoms. The van der Waals surface area contributed by atoms with Crippen molar-refractivity contribution in [3.63, 3.8) is 0 Å². The molecule has 0 fully saturated rings. The molecular formula is C13H20BrNO4S. The number of ether oxygens (including phenoxy) is 1. The van der Waals surface area contributed by atoms with Crippen molar-refractivity contribution in [3.05, 3.63) is 27.7 Å². The molecule has 0 aliphatic heterocycles. The third-order valence-corrected chi connectivity index (χ3v) is 5.59. The molecule has 2 N–H and O–H groups in total. The van der Waals surface area contributed by atoms with E-state index in [9.17, 15) is 13.5 Å². The van der Waals surface area contributed by atoms with E-state index in [1.165, 1.54) is 6.07 Å². The van der Waals surface area contributed by atoms with Crippen molar-refractivity contribution in [2.45, 2.75) is 25.3 Å². The lowest BCUT2D eigenvalue weighted by atomic mass is 10.1. The molecule has 0 radical (unpaired) electrons. The Balaban J connectivity index is 3.00. The van der Waals surface area contributed by atoms with Gasteiger partial charge in [0.05, 0.1) is 11.5 Å². The van der Waals surface area contributed by atoms with E-state index in [0.717, 1.165) is 5.56 Å². The lowest BCUT2D eigenvalue weighted by Gasteiger charge is -2.14. The van der Waals surface area contributed by atoms with Crippen LogP contribution in [0.15, 0.2) is 21.5 Å². The molecule has 0 amide bonds. The van der Waals surface area contributed by atoms with Crippen LogP contribution in [0.2, 0.25) is 0 Å². The zero-order valence-electron chi connectivity index (χ0n) is 11.8. The monoisotopic (exact) mass is 365 g/mol. The van der Waals surface area contributed by atoms with Crippen molar-refractivity contribution in [1.29, 1.82) is 0 Å². The first-order valence-corrected chi connectivity index (χ1v) is 8.48. The molecule has 0 aliphatic carbocycles. The van der Waals surface area contributed by atoms with Gasteiger partial charge in [0.1, 0.15) is 0 Å². The Kier molecular flexibility index (Phi) is 6.60. The quantitative estimate of drug-likeness (QED) is 0.772. The van der Waals surface area contributed by atoms with E-state index in [2.05, 4.69) is 20.7 Å². The molecule has 5 nitrogen and oxygen atoms in total. The highest BCUT2D eigenvalue weighted by molar-refractivity contribution is 9.10. The van der Waals surface area contributed by atoms with Crippen LogP contribution in [0.4, 0.5) is 0 Å². The zero-order chi connectivity index (χ0) is 15.3. The van der Waals surface area contributed by atoms with Gasteiger partial charge in [-0.3, -0.25) is 0 Å². The molecular weight excluding hydrogens is 346 g/mol. The van der Waals surface area contributed by atoms with Crippen molar-refractivity contribution in [3.8, 4) is 0 Å². The summed E-state index contributed by atoms with van der Waals surface area (Å²) in [6, 6.07) is 3.22. The Hall–Kier alpha value is -0.470. The number of sulfonamides is 1. The Morgan fingerprint density at radius 1 is 1.45 bits per heavy atom. The van der Waals surface area contributed by atoms with Gasteiger partial charge in [0.25, 0.3) is 0 Å². The van der Waals surface area contributed by atoms with Crippen LogP contribution < -0.4 is 4.72 Å². The second-order valence-corrected chi connectivity index (χ2v) is 7.32. The molecule has 114 valence electrons. The predicted octanol–water partition coefficient (Wildman–Crippen LogP) is 1.81. The van der Waals surface area contributed by atoms with E-state index in [-0.39, 0.29) is 17.4 Å². The van der Waals surface area contributed by atoms with Gasteiger partial charge in [-0.15, -0.1) is 0 Å². The summed E-state index contributed by atoms with van der Waals surface area (Å²) in [5, 5.41) is 9.18. The normalized spacial score (nSPS) is 13.4. The SMILES string of the molecule is COCC(C)CNS(=O)(=O)c1cc(CO)cc(C)c1Br. The number of rotatable bonds is 7. The van der Waals surface area contributed by atoms with E-state index in [1.807, 2.05) is 6.92 Å². The average molecular weight is 366 g/mol. The number of hydrogen-bond donors (Lipinski definition) is 2. The van der Waals surface area contributed by atoms with Gasteiger partial charge in [0, 0.05) is 24.7 Å². The minimum atomic E-state index is -3.62. The molecule has 1 rings (SSSR count). The first-order valence-electron chi connectivity index (χ1n) is 6.20. The van der Waals surface area contributed by atoms with Gasteiger partial charge in [-0.2, -0.15) is 0 Å². The van der Waals surface area contributed by atoms with Gasteiger partial charge >= 0.3 is 0 Å². The summed E-state index contributed by atoms with van der Waals surface area (Å²) in [5.41, 5.74) is 1.33. The molecule has 0 aromatic heterocycles. The zero-order valence-corrected chi connectivity index (χ0v) is 14.2. The van der Waals surface area contributed by atoms with Crippen molar-refractivity contribution in [2.24, 2.45) is 5.92 Å². The molecule has 0 saturated carbocycles. The summed E-state index contributed by atoms with van der Waals surface area (Å²) in [6.45, 7) is 4.27. The summed E-state index contributed by atoms with van der Waals surface area (Å²) in [7, 11) is -2.04. The maximum absolute atomic E-state index is 12.3. The number of aliphatic hydroxyl groups is 1. The molecule has 0 aliphatic rings. The third-order valence-electron chi connectivity index (χ3n) is 2.83. The number of nitrogens with one attached hydrogen (secondary N) is 1. The van der Waals surface area contributed by atoms with Gasteiger partial charge in [-0.1, -0.05) is 13.0 Å². The smallest absolute Gasteiger partial charge is 0.241 e. The van der Waals surface area contributed by atoms with Gasteiger partial charge < -0.3 is 9.84 Å². The largest absolute Gasteiger partial charge is 0.392 e. The topological polar surface area (TPSA) is 75.6 Å². The van der Waals surface area contributed by atoms with Crippen LogP contribution in [0.5, 0.6) is 0 Å². The maximum Gasteiger partial charge on any atom is 0.241 e. The Labute approximate surface area is 128 Å². The molecule has 1 aromatic rings. The van der Waals surface area contributed by atoms with Crippen molar-refractivity contribution >= 4 is 26.0 Å². The van der Waals surface area contributed by atoms with E-state index in [0.29, 0.717) is 23.2 Å². The fourth-order valence-electron chi connectivity index (χ4n) is 1.77. The summed E-state index contributed by atoms with van der Waals surface area (Å²) in [6.07, 6.45) is 0. The molecule has 1 atom stereocenters. The van der Waals surface area contributed by atoms with Crippen LogP contribution in [0.25, 0.3) is 0 Å². The first kappa shape index (κ1) is 17.6. The molecule has 0 saturated heterocycles. The van der Waals surface area contributed by atoms with Gasteiger partial charge in [0.15, 0.2) is 0 Å². The van der Waals surface area contributed by atoms with Crippen molar-refractivity contribution < 1.29 is 18.3 Å². The van der Waals surface area contributed by atoms with E-state index in [4.69, 9.17) is 4.74 Å². The fourth-order valence-corrected chi connectivity index (χ4v) is 4.00. The Bertz CT molecular complexity index is 560. The summed E-state index contributed by atoms with van der Waals surface area (Å²) >= 11 is 3.29.